The standard InChI is InChI=1S/C31H31N3/c1-23(25-13-5-3-6-14-25)34(24(2)26-15-7-4-8-16-26)31-32-21-27-17-9-11-19-29(27)33(31)22-28-18-10-12-20-30(28)32/h3-20,23-24,31H,21-22H2,1-2H3/t23-,24-/m0/s1. The minimum atomic E-state index is 0.121. The number of hydrogen-bond acceptors (Lipinski definition) is 3. The number of benzene rings is 4. The third-order valence-corrected chi connectivity index (χ3v) is 7.57. The van der Waals surface area contributed by atoms with Gasteiger partial charge in [0.25, 0.3) is 0 Å². The molecular weight excluding hydrogens is 414 g/mol. The second kappa shape index (κ2) is 8.66. The molecule has 4 aromatic carbocycles. The molecule has 0 fully saturated rings. The van der Waals surface area contributed by atoms with Crippen molar-refractivity contribution in [1.82, 2.24) is 4.90 Å². The normalized spacial score (nSPS) is 16.7. The number of fused-ring (bicyclic) bond motifs is 6. The van der Waals surface area contributed by atoms with Gasteiger partial charge in [-0.3, -0.25) is 4.90 Å². The average molecular weight is 446 g/mol. The second-order valence-corrected chi connectivity index (χ2v) is 9.48. The van der Waals surface area contributed by atoms with Crippen molar-refractivity contribution in [2.24, 2.45) is 0 Å². The largest absolute Gasteiger partial charge is 0.334 e. The summed E-state index contributed by atoms with van der Waals surface area (Å²) in [6.07, 6.45) is 0.121. The summed E-state index contributed by atoms with van der Waals surface area (Å²) >= 11 is 0. The van der Waals surface area contributed by atoms with Gasteiger partial charge in [-0.2, -0.15) is 0 Å². The Labute approximate surface area is 202 Å². The van der Waals surface area contributed by atoms with E-state index in [0.29, 0.717) is 0 Å². The molecule has 2 heterocycles. The van der Waals surface area contributed by atoms with Gasteiger partial charge in [0.15, 0.2) is 6.29 Å². The molecule has 2 atom stereocenters. The van der Waals surface area contributed by atoms with Gasteiger partial charge in [0.2, 0.25) is 0 Å². The molecule has 3 heteroatoms. The van der Waals surface area contributed by atoms with Crippen LogP contribution in [0.15, 0.2) is 109 Å². The van der Waals surface area contributed by atoms with Gasteiger partial charge in [-0.05, 0) is 48.2 Å². The zero-order valence-corrected chi connectivity index (χ0v) is 19.9. The highest BCUT2D eigenvalue weighted by molar-refractivity contribution is 5.68. The van der Waals surface area contributed by atoms with E-state index < -0.39 is 0 Å². The third kappa shape index (κ3) is 3.48. The first-order valence-electron chi connectivity index (χ1n) is 12.3. The summed E-state index contributed by atoms with van der Waals surface area (Å²) in [5, 5.41) is 0. The molecule has 0 aromatic heterocycles. The first-order chi connectivity index (χ1) is 16.7. The molecule has 0 saturated heterocycles. The molecule has 0 unspecified atom stereocenters. The van der Waals surface area contributed by atoms with Crippen molar-refractivity contribution in [3.63, 3.8) is 0 Å². The van der Waals surface area contributed by atoms with Crippen molar-refractivity contribution >= 4 is 11.4 Å². The van der Waals surface area contributed by atoms with E-state index in [4.69, 9.17) is 0 Å². The Kier molecular flexibility index (Phi) is 5.35. The molecule has 0 aliphatic carbocycles. The summed E-state index contributed by atoms with van der Waals surface area (Å²) < 4.78 is 0. The first kappa shape index (κ1) is 21.0. The molecule has 2 bridgehead atoms. The van der Waals surface area contributed by atoms with Gasteiger partial charge < -0.3 is 9.80 Å². The number of nitrogens with zero attached hydrogens (tertiary/aromatic N) is 3. The van der Waals surface area contributed by atoms with Gasteiger partial charge in [-0.1, -0.05) is 97.1 Å². The Bertz CT molecular complexity index is 1170. The lowest BCUT2D eigenvalue weighted by Crippen LogP contribution is -2.63. The molecule has 2 aliphatic rings. The molecule has 0 spiro atoms. The monoisotopic (exact) mass is 445 g/mol. The Morgan fingerprint density at radius 3 is 1.38 bits per heavy atom. The lowest BCUT2D eigenvalue weighted by atomic mass is 9.96. The van der Waals surface area contributed by atoms with Crippen LogP contribution in [0.1, 0.15) is 48.2 Å². The van der Waals surface area contributed by atoms with E-state index in [1.807, 2.05) is 0 Å². The van der Waals surface area contributed by atoms with Crippen LogP contribution in [-0.4, -0.2) is 11.2 Å². The van der Waals surface area contributed by atoms with Crippen LogP contribution in [0.5, 0.6) is 0 Å². The fraction of sp³-hybridized carbons (Fsp3) is 0.226. The maximum absolute atomic E-state index is 2.70. The van der Waals surface area contributed by atoms with Crippen LogP contribution in [0.2, 0.25) is 0 Å². The van der Waals surface area contributed by atoms with E-state index in [-0.39, 0.29) is 18.4 Å². The van der Waals surface area contributed by atoms with Gasteiger partial charge in [-0.25, -0.2) is 0 Å². The molecule has 3 nitrogen and oxygen atoms in total. The van der Waals surface area contributed by atoms with Crippen LogP contribution in [0.25, 0.3) is 0 Å². The predicted octanol–water partition coefficient (Wildman–Crippen LogP) is 7.13. The number of hydrogen-bond donors (Lipinski definition) is 0. The molecule has 0 radical (unpaired) electrons. The van der Waals surface area contributed by atoms with E-state index in [1.54, 1.807) is 0 Å². The average Bonchev–Trinajstić information content (AvgIpc) is 2.90. The van der Waals surface area contributed by atoms with E-state index in [1.165, 1.54) is 33.6 Å². The van der Waals surface area contributed by atoms with Crippen LogP contribution in [0.4, 0.5) is 11.4 Å². The molecule has 0 N–H and O–H groups in total. The molecule has 0 amide bonds. The van der Waals surface area contributed by atoms with Crippen molar-refractivity contribution in [1.29, 1.82) is 0 Å². The van der Waals surface area contributed by atoms with Crippen LogP contribution in [0.3, 0.4) is 0 Å². The van der Waals surface area contributed by atoms with E-state index in [0.717, 1.165) is 13.1 Å². The molecule has 34 heavy (non-hydrogen) atoms. The summed E-state index contributed by atoms with van der Waals surface area (Å²) in [5.41, 5.74) is 8.18. The summed E-state index contributed by atoms with van der Waals surface area (Å²) in [7, 11) is 0. The lowest BCUT2D eigenvalue weighted by molar-refractivity contribution is 0.0793. The summed E-state index contributed by atoms with van der Waals surface area (Å²) in [6.45, 7) is 6.54. The van der Waals surface area contributed by atoms with Gasteiger partial charge in [0.05, 0.1) is 0 Å². The zero-order valence-electron chi connectivity index (χ0n) is 19.9. The van der Waals surface area contributed by atoms with Gasteiger partial charge in [0.1, 0.15) is 0 Å². The predicted molar refractivity (Wildman–Crippen MR) is 141 cm³/mol. The van der Waals surface area contributed by atoms with Crippen LogP contribution in [-0.2, 0) is 13.1 Å². The topological polar surface area (TPSA) is 9.72 Å². The molecule has 4 aromatic rings. The summed E-state index contributed by atoms with van der Waals surface area (Å²) in [5.74, 6) is 0. The van der Waals surface area contributed by atoms with Gasteiger partial charge in [-0.15, -0.1) is 0 Å². The van der Waals surface area contributed by atoms with Crippen molar-refractivity contribution < 1.29 is 0 Å². The lowest BCUT2D eigenvalue weighted by Gasteiger charge is -2.57. The number of para-hydroxylation sites is 2. The molecule has 6 rings (SSSR count). The maximum Gasteiger partial charge on any atom is 0.162 e. The van der Waals surface area contributed by atoms with Crippen molar-refractivity contribution in [2.45, 2.75) is 45.3 Å². The van der Waals surface area contributed by atoms with Crippen LogP contribution >= 0.6 is 0 Å². The zero-order chi connectivity index (χ0) is 23.1. The number of anilines is 2. The van der Waals surface area contributed by atoms with Crippen LogP contribution < -0.4 is 9.80 Å². The molecule has 0 saturated carbocycles. The van der Waals surface area contributed by atoms with Crippen molar-refractivity contribution in [3.8, 4) is 0 Å². The Hall–Kier alpha value is -3.56. The third-order valence-electron chi connectivity index (χ3n) is 7.57. The highest BCUT2D eigenvalue weighted by Crippen LogP contribution is 2.46. The fourth-order valence-electron chi connectivity index (χ4n) is 5.83. The van der Waals surface area contributed by atoms with Crippen molar-refractivity contribution in [3.05, 3.63) is 131 Å². The minimum absolute atomic E-state index is 0.121. The quantitative estimate of drug-likeness (QED) is 0.323. The Morgan fingerprint density at radius 2 is 0.941 bits per heavy atom. The fourth-order valence-corrected chi connectivity index (χ4v) is 5.83. The smallest absolute Gasteiger partial charge is 0.162 e. The summed E-state index contributed by atoms with van der Waals surface area (Å²) in [4.78, 5) is 7.93. The van der Waals surface area contributed by atoms with Gasteiger partial charge in [0, 0.05) is 36.5 Å². The maximum atomic E-state index is 2.70. The second-order valence-electron chi connectivity index (χ2n) is 9.48. The van der Waals surface area contributed by atoms with E-state index in [9.17, 15) is 0 Å². The van der Waals surface area contributed by atoms with Crippen LogP contribution in [0, 0.1) is 0 Å². The molecular formula is C31H31N3. The Balaban J connectivity index is 1.52. The summed E-state index contributed by atoms with van der Waals surface area (Å²) in [6, 6.07) is 40.2. The molecule has 170 valence electrons. The highest BCUT2D eigenvalue weighted by atomic mass is 15.5. The number of rotatable bonds is 5. The van der Waals surface area contributed by atoms with E-state index >= 15 is 0 Å². The highest BCUT2D eigenvalue weighted by Gasteiger charge is 2.44. The van der Waals surface area contributed by atoms with Gasteiger partial charge >= 0.3 is 0 Å². The minimum Gasteiger partial charge on any atom is -0.334 e. The Morgan fingerprint density at radius 1 is 0.559 bits per heavy atom. The van der Waals surface area contributed by atoms with Crippen molar-refractivity contribution in [2.75, 3.05) is 9.80 Å². The first-order valence-corrected chi connectivity index (χ1v) is 12.3. The SMILES string of the molecule is C[C@@H](c1ccccc1)N(C1N2Cc3ccccc3N1Cc1ccccc12)[C@@H](C)c1ccccc1. The molecule has 2 aliphatic heterocycles. The van der Waals surface area contributed by atoms with E-state index in [2.05, 4.69) is 138 Å².